The van der Waals surface area contributed by atoms with Crippen molar-refractivity contribution in [1.82, 2.24) is 15.5 Å². The molecule has 1 saturated heterocycles. The number of carbonyl (C=O) groups is 2. The Balaban J connectivity index is 2.15. The van der Waals surface area contributed by atoms with Crippen LogP contribution < -0.4 is 10.6 Å². The van der Waals surface area contributed by atoms with E-state index in [1.54, 1.807) is 12.1 Å². The normalized spacial score (nSPS) is 16.6. The molecule has 0 spiro atoms. The van der Waals surface area contributed by atoms with Crippen molar-refractivity contribution in [2.24, 2.45) is 5.92 Å². The summed E-state index contributed by atoms with van der Waals surface area (Å²) in [6.45, 7) is 5.77. The minimum absolute atomic E-state index is 0.197. The molecule has 28 heavy (non-hydrogen) atoms. The van der Waals surface area contributed by atoms with Crippen molar-refractivity contribution in [3.63, 3.8) is 0 Å². The number of amides is 2. The summed E-state index contributed by atoms with van der Waals surface area (Å²) < 4.78 is 19.1. The Bertz CT molecular complexity index is 660. The molecule has 2 rings (SSSR count). The number of rotatable bonds is 8. The van der Waals surface area contributed by atoms with Gasteiger partial charge >= 0.3 is 6.09 Å². The first-order valence-corrected chi connectivity index (χ1v) is 10.0. The average Bonchev–Trinajstić information content (AvgIpc) is 3.17. The van der Waals surface area contributed by atoms with Gasteiger partial charge in [0.2, 0.25) is 5.91 Å². The number of nitrogens with zero attached hydrogens (tertiary/aromatic N) is 1. The zero-order valence-corrected chi connectivity index (χ0v) is 17.4. The van der Waals surface area contributed by atoms with Gasteiger partial charge in [0, 0.05) is 17.1 Å². The lowest BCUT2D eigenvalue weighted by atomic mass is 10.0. The van der Waals surface area contributed by atoms with Crippen molar-refractivity contribution in [3.8, 4) is 0 Å². The van der Waals surface area contributed by atoms with Crippen molar-refractivity contribution >= 4 is 23.6 Å². The van der Waals surface area contributed by atoms with Crippen LogP contribution in [-0.2, 0) is 9.53 Å². The third-order valence-electron chi connectivity index (χ3n) is 4.89. The molecule has 0 aromatic heterocycles. The monoisotopic (exact) mass is 413 g/mol. The molecule has 8 heteroatoms. The van der Waals surface area contributed by atoms with E-state index in [2.05, 4.69) is 20.3 Å². The molecule has 1 aliphatic rings. The van der Waals surface area contributed by atoms with Crippen molar-refractivity contribution in [2.45, 2.75) is 45.2 Å². The zero-order valence-electron chi connectivity index (χ0n) is 16.6. The summed E-state index contributed by atoms with van der Waals surface area (Å²) in [7, 11) is 1.25. The van der Waals surface area contributed by atoms with Crippen LogP contribution in [0.5, 0.6) is 0 Å². The van der Waals surface area contributed by atoms with E-state index < -0.39 is 12.1 Å². The molecular weight excluding hydrogens is 385 g/mol. The molecule has 156 valence electrons. The minimum Gasteiger partial charge on any atom is -0.453 e. The van der Waals surface area contributed by atoms with E-state index in [0.717, 1.165) is 25.9 Å². The molecule has 2 N–H and O–H groups in total. The van der Waals surface area contributed by atoms with E-state index in [-0.39, 0.29) is 30.2 Å². The fourth-order valence-electron chi connectivity index (χ4n) is 3.52. The first kappa shape index (κ1) is 22.4. The highest BCUT2D eigenvalue weighted by Crippen LogP contribution is 2.32. The van der Waals surface area contributed by atoms with Crippen molar-refractivity contribution in [3.05, 3.63) is 34.6 Å². The maximum atomic E-state index is 14.5. The summed E-state index contributed by atoms with van der Waals surface area (Å²) in [4.78, 5) is 26.4. The number of ether oxygens (including phenoxy) is 1. The number of methoxy groups -OCH3 is 1. The highest BCUT2D eigenvalue weighted by atomic mass is 35.5. The first-order valence-electron chi connectivity index (χ1n) is 9.63. The molecule has 6 nitrogen and oxygen atoms in total. The lowest BCUT2D eigenvalue weighted by molar-refractivity contribution is -0.123. The Kier molecular flexibility index (Phi) is 8.51. The van der Waals surface area contributed by atoms with Gasteiger partial charge in [0.25, 0.3) is 0 Å². The molecule has 2 atom stereocenters. The van der Waals surface area contributed by atoms with E-state index in [1.165, 1.54) is 13.2 Å². The molecule has 0 saturated carbocycles. The van der Waals surface area contributed by atoms with Crippen LogP contribution >= 0.6 is 11.6 Å². The van der Waals surface area contributed by atoms with Gasteiger partial charge in [0.1, 0.15) is 11.9 Å². The number of alkyl carbamates (subject to hydrolysis) is 1. The van der Waals surface area contributed by atoms with E-state index in [1.807, 2.05) is 13.8 Å². The Labute approximate surface area is 170 Å². The smallest absolute Gasteiger partial charge is 0.407 e. The summed E-state index contributed by atoms with van der Waals surface area (Å²) >= 11 is 6.28. The Morgan fingerprint density at radius 3 is 2.54 bits per heavy atom. The molecule has 1 aromatic carbocycles. The van der Waals surface area contributed by atoms with Gasteiger partial charge in [0.15, 0.2) is 0 Å². The van der Waals surface area contributed by atoms with E-state index >= 15 is 0 Å². The fraction of sp³-hybridized carbons (Fsp3) is 0.600. The SMILES string of the molecule is COC(=O)NC(CC(C)C)C(=O)NCC(c1c(F)cccc1Cl)N1CCCC1. The number of benzene rings is 1. The van der Waals surface area contributed by atoms with E-state index in [9.17, 15) is 14.0 Å². The van der Waals surface area contributed by atoms with Crippen LogP contribution in [0.15, 0.2) is 18.2 Å². The summed E-state index contributed by atoms with van der Waals surface area (Å²) in [5, 5.41) is 5.78. The second kappa shape index (κ2) is 10.6. The summed E-state index contributed by atoms with van der Waals surface area (Å²) in [5.41, 5.74) is 0.396. The van der Waals surface area contributed by atoms with Gasteiger partial charge in [-0.25, -0.2) is 9.18 Å². The van der Waals surface area contributed by atoms with Crippen molar-refractivity contribution < 1.29 is 18.7 Å². The largest absolute Gasteiger partial charge is 0.453 e. The number of halogens is 2. The molecule has 0 radical (unpaired) electrons. The number of hydrogen-bond acceptors (Lipinski definition) is 4. The lowest BCUT2D eigenvalue weighted by Crippen LogP contribution is -2.49. The topological polar surface area (TPSA) is 70.7 Å². The minimum atomic E-state index is -0.720. The number of hydrogen-bond donors (Lipinski definition) is 2. The first-order chi connectivity index (χ1) is 13.3. The predicted molar refractivity (Wildman–Crippen MR) is 107 cm³/mol. The molecular formula is C20H29ClFN3O3. The van der Waals surface area contributed by atoms with Crippen LogP contribution in [0.4, 0.5) is 9.18 Å². The van der Waals surface area contributed by atoms with Crippen molar-refractivity contribution in [2.75, 3.05) is 26.7 Å². The molecule has 2 unspecified atom stereocenters. The van der Waals surface area contributed by atoms with Gasteiger partial charge in [-0.05, 0) is 50.4 Å². The molecule has 0 bridgehead atoms. The van der Waals surface area contributed by atoms with Gasteiger partial charge in [-0.3, -0.25) is 9.69 Å². The average molecular weight is 414 g/mol. The second-order valence-corrected chi connectivity index (χ2v) is 7.86. The van der Waals surface area contributed by atoms with Crippen LogP contribution in [0.25, 0.3) is 0 Å². The van der Waals surface area contributed by atoms with Crippen LogP contribution in [0, 0.1) is 11.7 Å². The Morgan fingerprint density at radius 2 is 1.96 bits per heavy atom. The predicted octanol–water partition coefficient (Wildman–Crippen LogP) is 3.50. The maximum Gasteiger partial charge on any atom is 0.407 e. The molecule has 1 aliphatic heterocycles. The highest BCUT2D eigenvalue weighted by molar-refractivity contribution is 6.31. The lowest BCUT2D eigenvalue weighted by Gasteiger charge is -2.30. The molecule has 0 aliphatic carbocycles. The van der Waals surface area contributed by atoms with E-state index in [4.69, 9.17) is 11.6 Å². The second-order valence-electron chi connectivity index (χ2n) is 7.46. The summed E-state index contributed by atoms with van der Waals surface area (Å²) in [5.74, 6) is -0.510. The number of nitrogens with one attached hydrogen (secondary N) is 2. The Morgan fingerprint density at radius 1 is 1.29 bits per heavy atom. The maximum absolute atomic E-state index is 14.5. The van der Waals surface area contributed by atoms with Gasteiger partial charge in [-0.2, -0.15) is 0 Å². The third kappa shape index (κ3) is 6.07. The molecule has 2 amide bonds. The molecule has 1 aromatic rings. The van der Waals surface area contributed by atoms with Gasteiger partial charge in [-0.1, -0.05) is 31.5 Å². The van der Waals surface area contributed by atoms with Crippen LogP contribution in [0.2, 0.25) is 5.02 Å². The summed E-state index contributed by atoms with van der Waals surface area (Å²) in [6.07, 6.45) is 1.86. The number of likely N-dealkylation sites (tertiary alicyclic amines) is 1. The molecule has 1 fully saturated rings. The molecule has 1 heterocycles. The quantitative estimate of drug-likeness (QED) is 0.684. The van der Waals surface area contributed by atoms with Crippen LogP contribution in [0.1, 0.15) is 44.7 Å². The zero-order chi connectivity index (χ0) is 20.7. The third-order valence-corrected chi connectivity index (χ3v) is 5.21. The number of carbonyl (C=O) groups excluding carboxylic acids is 2. The van der Waals surface area contributed by atoms with Crippen LogP contribution in [0.3, 0.4) is 0 Å². The summed E-state index contributed by atoms with van der Waals surface area (Å²) in [6, 6.07) is 3.53. The standard InChI is InChI=1S/C20H29ClFN3O3/c1-13(2)11-16(24-20(27)28-3)19(26)23-12-17(25-9-4-5-10-25)18-14(21)7-6-8-15(18)22/h6-8,13,16-17H,4-5,9-12H2,1-3H3,(H,23,26)(H,24,27). The van der Waals surface area contributed by atoms with Gasteiger partial charge < -0.3 is 15.4 Å². The van der Waals surface area contributed by atoms with Crippen molar-refractivity contribution in [1.29, 1.82) is 0 Å². The highest BCUT2D eigenvalue weighted by Gasteiger charge is 2.29. The fourth-order valence-corrected chi connectivity index (χ4v) is 3.81. The van der Waals surface area contributed by atoms with Gasteiger partial charge in [0.05, 0.1) is 13.2 Å². The Hall–Kier alpha value is -1.86. The van der Waals surface area contributed by atoms with E-state index in [0.29, 0.717) is 17.0 Å². The van der Waals surface area contributed by atoms with Crippen LogP contribution in [-0.4, -0.2) is 49.7 Å². The van der Waals surface area contributed by atoms with Gasteiger partial charge in [-0.15, -0.1) is 0 Å².